The minimum absolute atomic E-state index is 0.0886. The van der Waals surface area contributed by atoms with Crippen LogP contribution in [0.15, 0.2) is 36.4 Å². The van der Waals surface area contributed by atoms with Gasteiger partial charge in [-0.2, -0.15) is 0 Å². The van der Waals surface area contributed by atoms with E-state index in [0.29, 0.717) is 25.4 Å². The fraction of sp³-hybridized carbons (Fsp3) is 0.522. The first-order chi connectivity index (χ1) is 12.7. The highest BCUT2D eigenvalue weighted by Crippen LogP contribution is 2.20. The van der Waals surface area contributed by atoms with Crippen molar-refractivity contribution >= 4 is 5.97 Å². The van der Waals surface area contributed by atoms with Crippen LogP contribution < -0.4 is 0 Å². The van der Waals surface area contributed by atoms with E-state index in [4.69, 9.17) is 4.74 Å². The summed E-state index contributed by atoms with van der Waals surface area (Å²) in [7, 11) is 0. The molecule has 0 spiro atoms. The summed E-state index contributed by atoms with van der Waals surface area (Å²) in [5, 5.41) is 10.00. The van der Waals surface area contributed by atoms with Crippen LogP contribution in [0.25, 0.3) is 0 Å². The molecule has 0 saturated carbocycles. The van der Waals surface area contributed by atoms with Crippen molar-refractivity contribution in [2.45, 2.75) is 64.4 Å². The maximum Gasteiger partial charge on any atom is 0.305 e. The van der Waals surface area contributed by atoms with E-state index in [1.165, 1.54) is 24.8 Å². The van der Waals surface area contributed by atoms with E-state index in [1.807, 2.05) is 18.2 Å². The molecule has 1 saturated heterocycles. The van der Waals surface area contributed by atoms with Gasteiger partial charge in [-0.3, -0.25) is 4.79 Å². The average Bonchev–Trinajstić information content (AvgIpc) is 2.65. The highest BCUT2D eigenvalue weighted by molar-refractivity contribution is 5.69. The topological polar surface area (TPSA) is 46.5 Å². The second-order valence-corrected chi connectivity index (χ2v) is 6.98. The SMILES string of the molecule is CCCCCC=CCC(O)C#Cc1cccc(CC2CCC(=O)OC2)c1. The summed E-state index contributed by atoms with van der Waals surface area (Å²) < 4.78 is 5.13. The number of allylic oxidation sites excluding steroid dienone is 1. The van der Waals surface area contributed by atoms with Crippen LogP contribution in [0.3, 0.4) is 0 Å². The van der Waals surface area contributed by atoms with Crippen molar-refractivity contribution in [2.24, 2.45) is 5.92 Å². The van der Waals surface area contributed by atoms with Crippen LogP contribution in [0.4, 0.5) is 0 Å². The Hall–Kier alpha value is -2.05. The molecule has 2 atom stereocenters. The van der Waals surface area contributed by atoms with Crippen molar-refractivity contribution in [3.05, 3.63) is 47.5 Å². The van der Waals surface area contributed by atoms with Gasteiger partial charge in [-0.25, -0.2) is 0 Å². The number of unbranched alkanes of at least 4 members (excludes halogenated alkanes) is 3. The lowest BCUT2D eigenvalue weighted by molar-refractivity contribution is -0.149. The summed E-state index contributed by atoms with van der Waals surface area (Å²) in [6.45, 7) is 2.71. The molecule has 3 heteroatoms. The van der Waals surface area contributed by atoms with Crippen molar-refractivity contribution in [1.29, 1.82) is 0 Å². The third kappa shape index (κ3) is 7.89. The minimum atomic E-state index is -0.626. The molecule has 1 N–H and O–H groups in total. The maximum absolute atomic E-state index is 11.1. The van der Waals surface area contributed by atoms with Gasteiger partial charge in [-0.1, -0.05) is 55.9 Å². The molecule has 0 aliphatic carbocycles. The van der Waals surface area contributed by atoms with E-state index in [-0.39, 0.29) is 5.97 Å². The van der Waals surface area contributed by atoms with Crippen molar-refractivity contribution in [2.75, 3.05) is 6.61 Å². The largest absolute Gasteiger partial charge is 0.465 e. The number of benzene rings is 1. The Bertz CT molecular complexity index is 641. The predicted octanol–water partition coefficient (Wildman–Crippen LogP) is 4.42. The molecule has 1 aliphatic heterocycles. The maximum atomic E-state index is 11.1. The number of rotatable bonds is 8. The second-order valence-electron chi connectivity index (χ2n) is 6.98. The van der Waals surface area contributed by atoms with E-state index < -0.39 is 6.10 Å². The van der Waals surface area contributed by atoms with Gasteiger partial charge in [0, 0.05) is 18.4 Å². The Morgan fingerprint density at radius 2 is 2.23 bits per heavy atom. The lowest BCUT2D eigenvalue weighted by Gasteiger charge is -2.21. The number of ether oxygens (including phenoxy) is 1. The van der Waals surface area contributed by atoms with Gasteiger partial charge in [-0.05, 0) is 49.3 Å². The van der Waals surface area contributed by atoms with Crippen LogP contribution in [0.1, 0.15) is 63.0 Å². The van der Waals surface area contributed by atoms with Gasteiger partial charge in [0.15, 0.2) is 0 Å². The zero-order chi connectivity index (χ0) is 18.6. The molecular formula is C23H30O3. The Balaban J connectivity index is 1.80. The minimum Gasteiger partial charge on any atom is -0.465 e. The van der Waals surface area contributed by atoms with Gasteiger partial charge in [0.1, 0.15) is 6.10 Å². The molecule has 26 heavy (non-hydrogen) atoms. The molecule has 0 radical (unpaired) electrons. The van der Waals surface area contributed by atoms with Gasteiger partial charge in [0.2, 0.25) is 0 Å². The third-order valence-corrected chi connectivity index (χ3v) is 4.57. The molecule has 140 valence electrons. The number of carbonyl (C=O) groups is 1. The standard InChI is InChI=1S/C23H30O3/c1-2-3-4-5-6-7-11-22(24)14-12-19-9-8-10-20(16-19)17-21-13-15-23(25)26-18-21/h6-10,16,21-22,24H,2-5,11,13,15,17-18H2,1H3. The van der Waals surface area contributed by atoms with Crippen LogP contribution in [-0.4, -0.2) is 23.8 Å². The fourth-order valence-corrected chi connectivity index (χ4v) is 3.04. The van der Waals surface area contributed by atoms with Crippen molar-refractivity contribution in [3.8, 4) is 11.8 Å². The van der Waals surface area contributed by atoms with E-state index >= 15 is 0 Å². The Morgan fingerprint density at radius 3 is 3.00 bits per heavy atom. The molecule has 1 aromatic rings. The predicted molar refractivity (Wildman–Crippen MR) is 105 cm³/mol. The van der Waals surface area contributed by atoms with Gasteiger partial charge in [0.05, 0.1) is 6.61 Å². The van der Waals surface area contributed by atoms with E-state index in [2.05, 4.69) is 37.0 Å². The quantitative estimate of drug-likeness (QED) is 0.325. The molecular weight excluding hydrogens is 324 g/mol. The molecule has 1 aliphatic rings. The molecule has 2 unspecified atom stereocenters. The molecule has 1 aromatic carbocycles. The smallest absolute Gasteiger partial charge is 0.305 e. The lowest BCUT2D eigenvalue weighted by Crippen LogP contribution is -2.23. The number of aliphatic hydroxyl groups excluding tert-OH is 1. The van der Waals surface area contributed by atoms with E-state index in [9.17, 15) is 9.90 Å². The first-order valence-electron chi connectivity index (χ1n) is 9.76. The summed E-state index contributed by atoms with van der Waals surface area (Å²) in [5.41, 5.74) is 2.12. The van der Waals surface area contributed by atoms with E-state index in [1.54, 1.807) is 0 Å². The number of hydrogen-bond acceptors (Lipinski definition) is 3. The lowest BCUT2D eigenvalue weighted by atomic mass is 9.93. The number of cyclic esters (lactones) is 1. The van der Waals surface area contributed by atoms with Gasteiger partial charge in [0.25, 0.3) is 0 Å². The average molecular weight is 354 g/mol. The summed E-state index contributed by atoms with van der Waals surface area (Å²) in [4.78, 5) is 11.1. The van der Waals surface area contributed by atoms with Crippen molar-refractivity contribution < 1.29 is 14.6 Å². The molecule has 2 rings (SSSR count). The van der Waals surface area contributed by atoms with Gasteiger partial charge >= 0.3 is 5.97 Å². The molecule has 0 amide bonds. The van der Waals surface area contributed by atoms with Gasteiger partial charge in [-0.15, -0.1) is 0 Å². The normalized spacial score (nSPS) is 18.2. The highest BCUT2D eigenvalue weighted by Gasteiger charge is 2.19. The zero-order valence-electron chi connectivity index (χ0n) is 15.7. The molecule has 3 nitrogen and oxygen atoms in total. The van der Waals surface area contributed by atoms with Crippen molar-refractivity contribution in [1.82, 2.24) is 0 Å². The molecule has 0 bridgehead atoms. The van der Waals surface area contributed by atoms with Crippen molar-refractivity contribution in [3.63, 3.8) is 0 Å². The first kappa shape index (κ1) is 20.3. The highest BCUT2D eigenvalue weighted by atomic mass is 16.5. The van der Waals surface area contributed by atoms with Gasteiger partial charge < -0.3 is 9.84 Å². The summed E-state index contributed by atoms with van der Waals surface area (Å²) >= 11 is 0. The number of hydrogen-bond donors (Lipinski definition) is 1. The molecule has 1 fully saturated rings. The van der Waals surface area contributed by atoms with Crippen LogP contribution in [0, 0.1) is 17.8 Å². The van der Waals surface area contributed by atoms with E-state index in [0.717, 1.165) is 24.8 Å². The monoisotopic (exact) mass is 354 g/mol. The number of aliphatic hydroxyl groups is 1. The summed E-state index contributed by atoms with van der Waals surface area (Å²) in [5.74, 6) is 6.29. The Morgan fingerprint density at radius 1 is 1.35 bits per heavy atom. The number of carbonyl (C=O) groups excluding carboxylic acids is 1. The number of esters is 1. The van der Waals surface area contributed by atoms with Crippen LogP contribution >= 0.6 is 0 Å². The zero-order valence-corrected chi connectivity index (χ0v) is 15.7. The van der Waals surface area contributed by atoms with Crippen LogP contribution in [-0.2, 0) is 16.0 Å². The third-order valence-electron chi connectivity index (χ3n) is 4.57. The summed E-state index contributed by atoms with van der Waals surface area (Å²) in [6, 6.07) is 8.10. The molecule has 1 heterocycles. The van der Waals surface area contributed by atoms with Crippen LogP contribution in [0.2, 0.25) is 0 Å². The molecule has 0 aromatic heterocycles. The Kier molecular flexibility index (Phi) is 9.00. The van der Waals surface area contributed by atoms with Crippen LogP contribution in [0.5, 0.6) is 0 Å². The second kappa shape index (κ2) is 11.5. The summed E-state index contributed by atoms with van der Waals surface area (Å²) in [6.07, 6.45) is 11.2. The Labute approximate surface area is 157 Å². The first-order valence-corrected chi connectivity index (χ1v) is 9.76. The fourth-order valence-electron chi connectivity index (χ4n) is 3.04.